The number of azide groups is 1. The summed E-state index contributed by atoms with van der Waals surface area (Å²) < 4.78 is 9.94. The van der Waals surface area contributed by atoms with Crippen LogP contribution in [-0.2, 0) is 25.7 Å². The lowest BCUT2D eigenvalue weighted by molar-refractivity contribution is -0.384. The first-order chi connectivity index (χ1) is 17.6. The molecule has 2 atom stereocenters. The van der Waals surface area contributed by atoms with Crippen LogP contribution in [0.4, 0.5) is 16.2 Å². The Morgan fingerprint density at radius 1 is 1.00 bits per heavy atom. The van der Waals surface area contributed by atoms with Crippen molar-refractivity contribution in [2.24, 2.45) is 5.11 Å². The van der Waals surface area contributed by atoms with Crippen LogP contribution < -0.4 is 20.7 Å². The lowest BCUT2D eigenvalue weighted by Crippen LogP contribution is -2.50. The van der Waals surface area contributed by atoms with Crippen LogP contribution in [-0.4, -0.2) is 47.4 Å². The van der Waals surface area contributed by atoms with E-state index in [4.69, 9.17) is 15.0 Å². The standard InChI is InChI=1S/C22H23N7O8/c1-13(25-19(30)11-24-28-23)20(31)26-14(2)21(32)27-16-5-3-15(4-6-16)12-36-22(33)37-18-9-7-17(8-10-18)29(34)35/h3-10,13-14H,11-12H2,1-2H3,(H,25,30)(H,26,31)(H,27,32)/t13-,14-/m0/s1. The first-order valence-electron chi connectivity index (χ1n) is 10.7. The molecule has 15 nitrogen and oxygen atoms in total. The van der Waals surface area contributed by atoms with E-state index in [0.29, 0.717) is 11.3 Å². The van der Waals surface area contributed by atoms with Crippen LogP contribution in [0.2, 0.25) is 0 Å². The van der Waals surface area contributed by atoms with E-state index in [1.165, 1.54) is 38.1 Å². The minimum Gasteiger partial charge on any atom is -0.429 e. The van der Waals surface area contributed by atoms with Gasteiger partial charge >= 0.3 is 6.16 Å². The maximum Gasteiger partial charge on any atom is 0.514 e. The zero-order valence-corrected chi connectivity index (χ0v) is 19.7. The molecule has 0 fully saturated rings. The van der Waals surface area contributed by atoms with Crippen molar-refractivity contribution in [1.82, 2.24) is 10.6 Å². The van der Waals surface area contributed by atoms with Crippen molar-refractivity contribution in [2.45, 2.75) is 32.5 Å². The van der Waals surface area contributed by atoms with E-state index < -0.39 is 47.4 Å². The van der Waals surface area contributed by atoms with E-state index in [-0.39, 0.29) is 18.0 Å². The Balaban J connectivity index is 1.78. The highest BCUT2D eigenvalue weighted by Gasteiger charge is 2.21. The summed E-state index contributed by atoms with van der Waals surface area (Å²) >= 11 is 0. The number of hydrogen-bond donors (Lipinski definition) is 3. The lowest BCUT2D eigenvalue weighted by atomic mass is 10.2. The number of hydrogen-bond acceptors (Lipinski definition) is 9. The van der Waals surface area contributed by atoms with Gasteiger partial charge in [-0.05, 0) is 49.2 Å². The van der Waals surface area contributed by atoms with E-state index in [1.807, 2.05) is 0 Å². The number of benzene rings is 2. The zero-order chi connectivity index (χ0) is 27.4. The number of nitro benzene ring substituents is 1. The average molecular weight is 513 g/mol. The van der Waals surface area contributed by atoms with Gasteiger partial charge in [0.2, 0.25) is 17.7 Å². The number of amides is 3. The van der Waals surface area contributed by atoms with Crippen molar-refractivity contribution in [3.8, 4) is 5.75 Å². The predicted octanol–water partition coefficient (Wildman–Crippen LogP) is 2.57. The molecule has 0 aliphatic heterocycles. The average Bonchev–Trinajstić information content (AvgIpc) is 2.87. The highest BCUT2D eigenvalue weighted by atomic mass is 16.7. The van der Waals surface area contributed by atoms with Gasteiger partial charge in [-0.25, -0.2) is 4.79 Å². The second-order valence-electron chi connectivity index (χ2n) is 7.49. The smallest absolute Gasteiger partial charge is 0.429 e. The number of nitrogens with one attached hydrogen (secondary N) is 3. The Morgan fingerprint density at radius 2 is 1.62 bits per heavy atom. The minimum atomic E-state index is -1.00. The van der Waals surface area contributed by atoms with Gasteiger partial charge in [0.25, 0.3) is 5.69 Å². The fourth-order valence-electron chi connectivity index (χ4n) is 2.69. The molecular formula is C22H23N7O8. The number of non-ortho nitro benzene ring substituents is 1. The molecular weight excluding hydrogens is 490 g/mol. The third kappa shape index (κ3) is 9.54. The van der Waals surface area contributed by atoms with Crippen molar-refractivity contribution in [3.05, 3.63) is 74.7 Å². The number of ether oxygens (including phenoxy) is 2. The van der Waals surface area contributed by atoms with Crippen LogP contribution in [0.5, 0.6) is 5.75 Å². The Hall–Kier alpha value is -5.17. The maximum atomic E-state index is 12.4. The van der Waals surface area contributed by atoms with Gasteiger partial charge in [0, 0.05) is 22.7 Å². The molecule has 2 aromatic carbocycles. The number of nitrogens with zero attached hydrogens (tertiary/aromatic N) is 4. The van der Waals surface area contributed by atoms with Crippen LogP contribution in [0.3, 0.4) is 0 Å². The number of anilines is 1. The first-order valence-corrected chi connectivity index (χ1v) is 10.7. The van der Waals surface area contributed by atoms with Gasteiger partial charge in [0.05, 0.1) is 4.92 Å². The lowest BCUT2D eigenvalue weighted by Gasteiger charge is -2.18. The quantitative estimate of drug-likeness (QED) is 0.0770. The molecule has 0 heterocycles. The maximum absolute atomic E-state index is 12.4. The summed E-state index contributed by atoms with van der Waals surface area (Å²) in [6.07, 6.45) is -1.00. The molecule has 0 spiro atoms. The molecule has 0 aliphatic carbocycles. The van der Waals surface area contributed by atoms with E-state index >= 15 is 0 Å². The molecule has 194 valence electrons. The summed E-state index contributed by atoms with van der Waals surface area (Å²) in [5.41, 5.74) is 9.06. The molecule has 15 heteroatoms. The van der Waals surface area contributed by atoms with Crippen molar-refractivity contribution in [1.29, 1.82) is 0 Å². The molecule has 3 N–H and O–H groups in total. The van der Waals surface area contributed by atoms with Crippen LogP contribution in [0.15, 0.2) is 53.6 Å². The molecule has 0 aliphatic rings. The highest BCUT2D eigenvalue weighted by molar-refractivity contribution is 5.98. The Bertz CT molecular complexity index is 1190. The van der Waals surface area contributed by atoms with Gasteiger partial charge in [0.15, 0.2) is 0 Å². The van der Waals surface area contributed by atoms with Crippen molar-refractivity contribution >= 4 is 35.3 Å². The second kappa shape index (κ2) is 13.7. The second-order valence-corrected chi connectivity index (χ2v) is 7.49. The van der Waals surface area contributed by atoms with Crippen LogP contribution in [0, 0.1) is 10.1 Å². The third-order valence-electron chi connectivity index (χ3n) is 4.63. The molecule has 0 aromatic heterocycles. The van der Waals surface area contributed by atoms with E-state index in [0.717, 1.165) is 0 Å². The van der Waals surface area contributed by atoms with E-state index in [9.17, 15) is 29.3 Å². The zero-order valence-electron chi connectivity index (χ0n) is 19.7. The van der Waals surface area contributed by atoms with Crippen molar-refractivity contribution in [3.63, 3.8) is 0 Å². The Morgan fingerprint density at radius 3 is 2.22 bits per heavy atom. The molecule has 3 amide bonds. The normalized spacial score (nSPS) is 11.6. The van der Waals surface area contributed by atoms with Gasteiger partial charge in [-0.3, -0.25) is 24.5 Å². The highest BCUT2D eigenvalue weighted by Crippen LogP contribution is 2.18. The third-order valence-corrected chi connectivity index (χ3v) is 4.63. The first kappa shape index (κ1) is 28.1. The number of nitro groups is 1. The van der Waals surface area contributed by atoms with Gasteiger partial charge in [0.1, 0.15) is 31.0 Å². The van der Waals surface area contributed by atoms with Gasteiger partial charge < -0.3 is 25.4 Å². The Labute approximate surface area is 209 Å². The molecule has 0 saturated heterocycles. The minimum absolute atomic E-state index is 0.0832. The van der Waals surface area contributed by atoms with Gasteiger partial charge in [-0.15, -0.1) is 0 Å². The summed E-state index contributed by atoms with van der Waals surface area (Å²) in [6.45, 7) is 2.29. The SMILES string of the molecule is C[C@H](NC(=O)CN=[N+]=[N-])C(=O)N[C@@H](C)C(=O)Nc1ccc(COC(=O)Oc2ccc([N+](=O)[O-])cc2)cc1. The topological polar surface area (TPSA) is 215 Å². The van der Waals surface area contributed by atoms with Crippen LogP contribution >= 0.6 is 0 Å². The van der Waals surface area contributed by atoms with E-state index in [2.05, 4.69) is 26.0 Å². The molecule has 0 unspecified atom stereocenters. The Kier molecular flexibility index (Phi) is 10.4. The molecule has 0 radical (unpaired) electrons. The summed E-state index contributed by atoms with van der Waals surface area (Å²) in [5.74, 6) is -1.68. The fraction of sp³-hybridized carbons (Fsp3) is 0.273. The van der Waals surface area contributed by atoms with E-state index in [1.54, 1.807) is 24.3 Å². The fourth-order valence-corrected chi connectivity index (χ4v) is 2.69. The molecule has 37 heavy (non-hydrogen) atoms. The van der Waals surface area contributed by atoms with Gasteiger partial charge in [-0.2, -0.15) is 0 Å². The molecule has 0 saturated carbocycles. The summed E-state index contributed by atoms with van der Waals surface area (Å²) in [7, 11) is 0. The van der Waals surface area contributed by atoms with Crippen LogP contribution in [0.25, 0.3) is 10.4 Å². The summed E-state index contributed by atoms with van der Waals surface area (Å²) in [5, 5.41) is 21.2. The number of carbonyl (C=O) groups excluding carboxylic acids is 4. The summed E-state index contributed by atoms with van der Waals surface area (Å²) in [6, 6.07) is 9.34. The summed E-state index contributed by atoms with van der Waals surface area (Å²) in [4.78, 5) is 60.4. The van der Waals surface area contributed by atoms with Crippen molar-refractivity contribution < 1.29 is 33.6 Å². The largest absolute Gasteiger partial charge is 0.514 e. The number of rotatable bonds is 11. The number of carbonyl (C=O) groups is 4. The molecule has 2 aromatic rings. The van der Waals surface area contributed by atoms with Crippen LogP contribution in [0.1, 0.15) is 19.4 Å². The predicted molar refractivity (Wildman–Crippen MR) is 128 cm³/mol. The van der Waals surface area contributed by atoms with Gasteiger partial charge in [-0.1, -0.05) is 17.2 Å². The monoisotopic (exact) mass is 513 g/mol. The van der Waals surface area contributed by atoms with Crippen molar-refractivity contribution in [2.75, 3.05) is 11.9 Å². The molecule has 2 rings (SSSR count). The molecule has 0 bridgehead atoms.